The smallest absolute Gasteiger partial charge is 0.277 e. The minimum absolute atomic E-state index is 0.0565. The van der Waals surface area contributed by atoms with Gasteiger partial charge in [0, 0.05) is 11.3 Å². The highest BCUT2D eigenvalue weighted by Crippen LogP contribution is 2.30. The number of hydrogen-bond acceptors (Lipinski definition) is 6. The lowest BCUT2D eigenvalue weighted by molar-refractivity contribution is 0.0988. The van der Waals surface area contributed by atoms with E-state index < -0.39 is 11.1 Å². The van der Waals surface area contributed by atoms with Gasteiger partial charge >= 0.3 is 0 Å². The molecule has 0 fully saturated rings. The molecule has 6 nitrogen and oxygen atoms in total. The molecule has 0 aliphatic rings. The quantitative estimate of drug-likeness (QED) is 0.498. The van der Waals surface area contributed by atoms with Crippen LogP contribution in [0.25, 0.3) is 11.5 Å². The van der Waals surface area contributed by atoms with E-state index in [0.717, 1.165) is 11.8 Å². The molecule has 0 bridgehead atoms. The van der Waals surface area contributed by atoms with Gasteiger partial charge in [0.05, 0.1) is 16.5 Å². The number of Topliss-reactive ketones (excluding diaryl/α,β-unsaturated/α-hetero) is 2. The van der Waals surface area contributed by atoms with Crippen molar-refractivity contribution < 1.29 is 18.4 Å². The van der Waals surface area contributed by atoms with Crippen LogP contribution in [0.15, 0.2) is 33.9 Å². The van der Waals surface area contributed by atoms with Crippen molar-refractivity contribution in [3.05, 3.63) is 52.6 Å². The number of thioether (sulfide) groups is 1. The second-order valence-corrected chi connectivity index (χ2v) is 7.45. The Morgan fingerprint density at radius 3 is 2.56 bits per heavy atom. The summed E-state index contributed by atoms with van der Waals surface area (Å²) >= 11 is 1.08. The number of ketones is 2. The number of carbonyl (C=O) groups is 2. The Hall–Kier alpha value is -2.74. The van der Waals surface area contributed by atoms with Crippen molar-refractivity contribution in [3.63, 3.8) is 0 Å². The van der Waals surface area contributed by atoms with E-state index in [2.05, 4.69) is 15.2 Å². The Balaban J connectivity index is 1.79. The summed E-state index contributed by atoms with van der Waals surface area (Å²) in [7, 11) is 0. The summed E-state index contributed by atoms with van der Waals surface area (Å²) in [5, 5.41) is 7.37. The van der Waals surface area contributed by atoms with Gasteiger partial charge in [-0.3, -0.25) is 9.59 Å². The van der Waals surface area contributed by atoms with Crippen molar-refractivity contribution in [1.82, 2.24) is 15.2 Å². The first-order valence-corrected chi connectivity index (χ1v) is 9.17. The van der Waals surface area contributed by atoms with Gasteiger partial charge in [0.1, 0.15) is 5.82 Å². The first kappa shape index (κ1) is 19.0. The molecular weight excluding hydrogens is 369 g/mol. The summed E-state index contributed by atoms with van der Waals surface area (Å²) in [6, 6.07) is 6.09. The van der Waals surface area contributed by atoms with Gasteiger partial charge in [-0.1, -0.05) is 23.9 Å². The molecule has 140 valence electrons. The van der Waals surface area contributed by atoms with Gasteiger partial charge in [-0.05, 0) is 45.4 Å². The van der Waals surface area contributed by atoms with Crippen LogP contribution in [0.4, 0.5) is 4.39 Å². The Bertz CT molecular complexity index is 1030. The van der Waals surface area contributed by atoms with Gasteiger partial charge in [0.2, 0.25) is 0 Å². The lowest BCUT2D eigenvalue weighted by Gasteiger charge is -2.07. The van der Waals surface area contributed by atoms with E-state index in [1.54, 1.807) is 39.0 Å². The van der Waals surface area contributed by atoms with Crippen LogP contribution in [0.2, 0.25) is 0 Å². The van der Waals surface area contributed by atoms with Crippen LogP contribution in [-0.2, 0) is 0 Å². The lowest BCUT2D eigenvalue weighted by Crippen LogP contribution is -2.15. The predicted octanol–water partition coefficient (Wildman–Crippen LogP) is 4.39. The third-order valence-corrected chi connectivity index (χ3v) is 5.13. The van der Waals surface area contributed by atoms with Crippen molar-refractivity contribution in [3.8, 4) is 11.5 Å². The second kappa shape index (κ2) is 7.48. The van der Waals surface area contributed by atoms with Crippen LogP contribution in [0.1, 0.15) is 46.0 Å². The van der Waals surface area contributed by atoms with Gasteiger partial charge in [-0.2, -0.15) is 0 Å². The summed E-state index contributed by atoms with van der Waals surface area (Å²) in [5.41, 5.74) is 2.44. The third kappa shape index (κ3) is 3.71. The number of halogens is 1. The Kier molecular flexibility index (Phi) is 5.27. The minimum atomic E-state index is -0.532. The van der Waals surface area contributed by atoms with Gasteiger partial charge in [0.15, 0.2) is 11.6 Å². The summed E-state index contributed by atoms with van der Waals surface area (Å²) in [6.45, 7) is 6.69. The van der Waals surface area contributed by atoms with Crippen molar-refractivity contribution in [2.75, 3.05) is 0 Å². The topological polar surface area (TPSA) is 88.9 Å². The van der Waals surface area contributed by atoms with Gasteiger partial charge in [0.25, 0.3) is 11.1 Å². The zero-order valence-electron chi connectivity index (χ0n) is 15.3. The van der Waals surface area contributed by atoms with Crippen LogP contribution in [0.3, 0.4) is 0 Å². The molecule has 8 heteroatoms. The fourth-order valence-corrected chi connectivity index (χ4v) is 3.68. The van der Waals surface area contributed by atoms with Crippen molar-refractivity contribution >= 4 is 23.3 Å². The van der Waals surface area contributed by atoms with E-state index in [9.17, 15) is 14.0 Å². The molecule has 0 saturated carbocycles. The normalized spacial score (nSPS) is 12.2. The maximum Gasteiger partial charge on any atom is 0.277 e. The lowest BCUT2D eigenvalue weighted by atomic mass is 10.0. The average Bonchev–Trinajstić information content (AvgIpc) is 3.18. The molecule has 3 rings (SSSR count). The SMILES string of the molecule is CC(=O)c1c(C)[nH]c(C(=O)[C@H](C)Sc2nnc(-c3ccccc3F)o2)c1C. The zero-order chi connectivity index (χ0) is 19.7. The number of rotatable bonds is 6. The predicted molar refractivity (Wildman–Crippen MR) is 99.6 cm³/mol. The highest BCUT2D eigenvalue weighted by molar-refractivity contribution is 8.00. The van der Waals surface area contributed by atoms with E-state index in [-0.39, 0.29) is 28.2 Å². The number of carbonyl (C=O) groups excluding carboxylic acids is 2. The van der Waals surface area contributed by atoms with Crippen LogP contribution >= 0.6 is 11.8 Å². The van der Waals surface area contributed by atoms with Gasteiger partial charge < -0.3 is 9.40 Å². The Morgan fingerprint density at radius 2 is 1.93 bits per heavy atom. The highest BCUT2D eigenvalue weighted by Gasteiger charge is 2.26. The molecule has 2 aromatic heterocycles. The number of nitrogens with zero attached hydrogens (tertiary/aromatic N) is 2. The number of aryl methyl sites for hydroxylation is 1. The Labute approximate surface area is 159 Å². The fourth-order valence-electron chi connectivity index (χ4n) is 2.93. The molecule has 0 radical (unpaired) electrons. The molecule has 0 spiro atoms. The third-order valence-electron chi connectivity index (χ3n) is 4.19. The van der Waals surface area contributed by atoms with E-state index in [4.69, 9.17) is 4.42 Å². The molecule has 1 atom stereocenters. The van der Waals surface area contributed by atoms with Crippen molar-refractivity contribution in [2.24, 2.45) is 0 Å². The highest BCUT2D eigenvalue weighted by atomic mass is 32.2. The van der Waals surface area contributed by atoms with E-state index in [1.165, 1.54) is 13.0 Å². The maximum atomic E-state index is 13.8. The van der Waals surface area contributed by atoms with Crippen LogP contribution in [-0.4, -0.2) is 32.0 Å². The first-order chi connectivity index (χ1) is 12.8. The first-order valence-electron chi connectivity index (χ1n) is 8.29. The number of H-pyrrole nitrogens is 1. The molecule has 3 aromatic rings. The largest absolute Gasteiger partial charge is 0.411 e. The maximum absolute atomic E-state index is 13.8. The molecule has 0 aliphatic heterocycles. The van der Waals surface area contributed by atoms with Gasteiger partial charge in [-0.25, -0.2) is 4.39 Å². The fraction of sp³-hybridized carbons (Fsp3) is 0.263. The van der Waals surface area contributed by atoms with Gasteiger partial charge in [-0.15, -0.1) is 10.2 Å². The zero-order valence-corrected chi connectivity index (χ0v) is 16.1. The summed E-state index contributed by atoms with van der Waals surface area (Å²) in [5.74, 6) is -0.678. The number of hydrogen-bond donors (Lipinski definition) is 1. The summed E-state index contributed by atoms with van der Waals surface area (Å²) in [4.78, 5) is 27.5. The second-order valence-electron chi connectivity index (χ2n) is 6.16. The van der Waals surface area contributed by atoms with Crippen LogP contribution in [0.5, 0.6) is 0 Å². The molecule has 1 N–H and O–H groups in total. The van der Waals surface area contributed by atoms with Crippen molar-refractivity contribution in [1.29, 1.82) is 0 Å². The number of benzene rings is 1. The number of aromatic amines is 1. The molecule has 27 heavy (non-hydrogen) atoms. The summed E-state index contributed by atoms with van der Waals surface area (Å²) in [6.07, 6.45) is 0. The van der Waals surface area contributed by atoms with Crippen molar-refractivity contribution in [2.45, 2.75) is 38.2 Å². The van der Waals surface area contributed by atoms with E-state index >= 15 is 0 Å². The standard InChI is InChI=1S/C19H18FN3O3S/c1-9-15(11(3)24)10(2)21-16(9)17(25)12(4)27-19-23-22-18(26-19)13-7-5-6-8-14(13)20/h5-8,12,21H,1-4H3/t12-/m0/s1. The minimum Gasteiger partial charge on any atom is -0.411 e. The molecule has 1 aromatic carbocycles. The summed E-state index contributed by atoms with van der Waals surface area (Å²) < 4.78 is 19.3. The number of nitrogens with one attached hydrogen (secondary N) is 1. The molecule has 0 amide bonds. The monoisotopic (exact) mass is 387 g/mol. The number of aromatic nitrogens is 3. The molecule has 0 saturated heterocycles. The Morgan fingerprint density at radius 1 is 1.22 bits per heavy atom. The van der Waals surface area contributed by atoms with Crippen LogP contribution < -0.4 is 0 Å². The molecule has 2 heterocycles. The average molecular weight is 387 g/mol. The molecular formula is C19H18FN3O3S. The van der Waals surface area contributed by atoms with E-state index in [0.29, 0.717) is 22.5 Å². The van der Waals surface area contributed by atoms with E-state index in [1.807, 2.05) is 0 Å². The molecule has 0 aliphatic carbocycles. The van der Waals surface area contributed by atoms with Crippen LogP contribution in [0, 0.1) is 19.7 Å². The molecule has 0 unspecified atom stereocenters.